The summed E-state index contributed by atoms with van der Waals surface area (Å²) in [5, 5.41) is 4.06. The van der Waals surface area contributed by atoms with Crippen molar-refractivity contribution in [1.29, 1.82) is 0 Å². The summed E-state index contributed by atoms with van der Waals surface area (Å²) in [5.41, 5.74) is 0.850. The highest BCUT2D eigenvalue weighted by Crippen LogP contribution is 2.48. The lowest BCUT2D eigenvalue weighted by Gasteiger charge is -2.24. The lowest BCUT2D eigenvalue weighted by Crippen LogP contribution is -2.41. The second-order valence-corrected chi connectivity index (χ2v) is 7.04. The Balaban J connectivity index is 1.65. The van der Waals surface area contributed by atoms with Crippen LogP contribution in [-0.4, -0.2) is 11.9 Å². The number of carbonyl (C=O) groups excluding carboxylic acids is 1. The van der Waals surface area contributed by atoms with E-state index in [0.717, 1.165) is 36.3 Å². The van der Waals surface area contributed by atoms with E-state index in [-0.39, 0.29) is 11.3 Å². The highest BCUT2D eigenvalue weighted by Gasteiger charge is 2.51. The molecular formula is C18H24ClNO. The minimum absolute atomic E-state index is 0.232. The van der Waals surface area contributed by atoms with E-state index in [1.54, 1.807) is 0 Å². The van der Waals surface area contributed by atoms with Gasteiger partial charge in [0.2, 0.25) is 5.91 Å². The van der Waals surface area contributed by atoms with Gasteiger partial charge in [-0.1, -0.05) is 55.8 Å². The van der Waals surface area contributed by atoms with Gasteiger partial charge in [-0.3, -0.25) is 4.79 Å². The lowest BCUT2D eigenvalue weighted by molar-refractivity contribution is -0.124. The number of hydrogen-bond acceptors (Lipinski definition) is 1. The molecule has 0 unspecified atom stereocenters. The Bertz CT molecular complexity index is 484. The molecule has 0 radical (unpaired) electrons. The van der Waals surface area contributed by atoms with Crippen LogP contribution in [0.3, 0.4) is 0 Å². The molecule has 0 atom stereocenters. The fourth-order valence-corrected chi connectivity index (χ4v) is 3.59. The van der Waals surface area contributed by atoms with Crippen molar-refractivity contribution in [3.63, 3.8) is 0 Å². The number of carbonyl (C=O) groups is 1. The fourth-order valence-electron chi connectivity index (χ4n) is 3.46. The number of hydrogen-bond donors (Lipinski definition) is 1. The predicted molar refractivity (Wildman–Crippen MR) is 86.6 cm³/mol. The predicted octanol–water partition coefficient (Wildman–Crippen LogP) is 4.60. The van der Waals surface area contributed by atoms with Gasteiger partial charge in [0.1, 0.15) is 0 Å². The second-order valence-electron chi connectivity index (χ2n) is 6.60. The standard InChI is InChI=1S/C18H24ClNO/c19-15-10-8-14(9-11-15)18(12-13-18)17(21)20-16-6-4-2-1-3-5-7-16/h8-11,16H,1-7,12-13H2,(H,20,21). The molecule has 2 nitrogen and oxygen atoms in total. The van der Waals surface area contributed by atoms with Crippen molar-refractivity contribution >= 4 is 17.5 Å². The van der Waals surface area contributed by atoms with Crippen molar-refractivity contribution in [2.75, 3.05) is 0 Å². The Kier molecular flexibility index (Phi) is 4.54. The molecule has 2 saturated carbocycles. The molecule has 3 rings (SSSR count). The summed E-state index contributed by atoms with van der Waals surface area (Å²) in [5.74, 6) is 0.232. The molecule has 0 aliphatic heterocycles. The fraction of sp³-hybridized carbons (Fsp3) is 0.611. The van der Waals surface area contributed by atoms with E-state index >= 15 is 0 Å². The van der Waals surface area contributed by atoms with Crippen LogP contribution in [0.4, 0.5) is 0 Å². The van der Waals surface area contributed by atoms with Crippen LogP contribution in [0.2, 0.25) is 5.02 Å². The van der Waals surface area contributed by atoms with Gasteiger partial charge in [0.05, 0.1) is 5.41 Å². The normalized spacial score (nSPS) is 22.1. The largest absolute Gasteiger partial charge is 0.353 e. The number of rotatable bonds is 3. The number of benzene rings is 1. The summed E-state index contributed by atoms with van der Waals surface area (Å²) in [7, 11) is 0. The topological polar surface area (TPSA) is 29.1 Å². The molecule has 1 aromatic carbocycles. The van der Waals surface area contributed by atoms with Crippen LogP contribution in [0.5, 0.6) is 0 Å². The van der Waals surface area contributed by atoms with E-state index < -0.39 is 0 Å². The van der Waals surface area contributed by atoms with E-state index in [0.29, 0.717) is 6.04 Å². The van der Waals surface area contributed by atoms with Gasteiger partial charge in [0, 0.05) is 11.1 Å². The minimum Gasteiger partial charge on any atom is -0.353 e. The van der Waals surface area contributed by atoms with Crippen LogP contribution in [-0.2, 0) is 10.2 Å². The average molecular weight is 306 g/mol. The van der Waals surface area contributed by atoms with Gasteiger partial charge >= 0.3 is 0 Å². The van der Waals surface area contributed by atoms with E-state index in [2.05, 4.69) is 5.32 Å². The molecule has 0 bridgehead atoms. The van der Waals surface area contributed by atoms with E-state index in [1.165, 1.54) is 32.1 Å². The molecule has 0 aromatic heterocycles. The molecule has 0 saturated heterocycles. The van der Waals surface area contributed by atoms with Gasteiger partial charge < -0.3 is 5.32 Å². The van der Waals surface area contributed by atoms with Crippen LogP contribution in [0, 0.1) is 0 Å². The van der Waals surface area contributed by atoms with Gasteiger partial charge in [-0.05, 0) is 43.4 Å². The van der Waals surface area contributed by atoms with Gasteiger partial charge in [0.25, 0.3) is 0 Å². The molecule has 1 aromatic rings. The van der Waals surface area contributed by atoms with Crippen molar-refractivity contribution in [1.82, 2.24) is 5.32 Å². The van der Waals surface area contributed by atoms with E-state index in [9.17, 15) is 4.79 Å². The number of amides is 1. The molecule has 114 valence electrons. The summed E-state index contributed by atoms with van der Waals surface area (Å²) in [6.45, 7) is 0. The first kappa shape index (κ1) is 14.9. The Hall–Kier alpha value is -1.02. The summed E-state index contributed by atoms with van der Waals surface area (Å²) in [6, 6.07) is 8.17. The van der Waals surface area contributed by atoms with Crippen LogP contribution in [0.15, 0.2) is 24.3 Å². The third kappa shape index (κ3) is 3.42. The van der Waals surface area contributed by atoms with Gasteiger partial charge in [-0.2, -0.15) is 0 Å². The molecule has 1 N–H and O–H groups in total. The Morgan fingerprint density at radius 3 is 2.14 bits per heavy atom. The molecular weight excluding hydrogens is 282 g/mol. The SMILES string of the molecule is O=C(NC1CCCCCCC1)C1(c2ccc(Cl)cc2)CC1. The molecule has 2 aliphatic carbocycles. The van der Waals surface area contributed by atoms with E-state index in [4.69, 9.17) is 11.6 Å². The first-order valence-electron chi connectivity index (χ1n) is 8.28. The van der Waals surface area contributed by atoms with Gasteiger partial charge in [-0.15, -0.1) is 0 Å². The van der Waals surface area contributed by atoms with Crippen LogP contribution in [0.25, 0.3) is 0 Å². The molecule has 3 heteroatoms. The molecule has 21 heavy (non-hydrogen) atoms. The Morgan fingerprint density at radius 2 is 1.57 bits per heavy atom. The van der Waals surface area contributed by atoms with Gasteiger partial charge in [0.15, 0.2) is 0 Å². The van der Waals surface area contributed by atoms with Crippen molar-refractivity contribution in [2.45, 2.75) is 69.2 Å². The van der Waals surface area contributed by atoms with E-state index in [1.807, 2.05) is 24.3 Å². The van der Waals surface area contributed by atoms with Gasteiger partial charge in [-0.25, -0.2) is 0 Å². The molecule has 2 fully saturated rings. The zero-order valence-corrected chi connectivity index (χ0v) is 13.3. The first-order valence-corrected chi connectivity index (χ1v) is 8.65. The average Bonchev–Trinajstić information content (AvgIpc) is 3.24. The van der Waals surface area contributed by atoms with Crippen LogP contribution >= 0.6 is 11.6 Å². The quantitative estimate of drug-likeness (QED) is 0.868. The monoisotopic (exact) mass is 305 g/mol. The zero-order chi connectivity index (χ0) is 14.7. The Morgan fingerprint density at radius 1 is 1.00 bits per heavy atom. The summed E-state index contributed by atoms with van der Waals surface area (Å²) in [6.07, 6.45) is 10.7. The highest BCUT2D eigenvalue weighted by atomic mass is 35.5. The van der Waals surface area contributed by atoms with Crippen molar-refractivity contribution < 1.29 is 4.79 Å². The number of halogens is 1. The summed E-state index contributed by atoms with van der Waals surface area (Å²) < 4.78 is 0. The minimum atomic E-state index is -0.271. The third-order valence-electron chi connectivity index (χ3n) is 5.02. The maximum absolute atomic E-state index is 12.7. The maximum atomic E-state index is 12.7. The van der Waals surface area contributed by atoms with Crippen LogP contribution < -0.4 is 5.32 Å². The summed E-state index contributed by atoms with van der Waals surface area (Å²) >= 11 is 5.95. The lowest BCUT2D eigenvalue weighted by atomic mass is 9.92. The maximum Gasteiger partial charge on any atom is 0.230 e. The van der Waals surface area contributed by atoms with Crippen LogP contribution in [0.1, 0.15) is 63.4 Å². The first-order chi connectivity index (χ1) is 10.2. The Labute approximate surface area is 132 Å². The second kappa shape index (κ2) is 6.39. The molecule has 0 heterocycles. The molecule has 2 aliphatic rings. The van der Waals surface area contributed by atoms with Crippen molar-refractivity contribution in [3.05, 3.63) is 34.9 Å². The van der Waals surface area contributed by atoms with Crippen molar-refractivity contribution in [3.8, 4) is 0 Å². The third-order valence-corrected chi connectivity index (χ3v) is 5.27. The number of nitrogens with one attached hydrogen (secondary N) is 1. The highest BCUT2D eigenvalue weighted by molar-refractivity contribution is 6.30. The van der Waals surface area contributed by atoms with Crippen molar-refractivity contribution in [2.24, 2.45) is 0 Å². The molecule has 0 spiro atoms. The zero-order valence-electron chi connectivity index (χ0n) is 12.5. The summed E-state index contributed by atoms with van der Waals surface area (Å²) in [4.78, 5) is 12.7. The molecule has 1 amide bonds. The smallest absolute Gasteiger partial charge is 0.230 e.